The highest BCUT2D eigenvalue weighted by Crippen LogP contribution is 2.33. The van der Waals surface area contributed by atoms with E-state index in [2.05, 4.69) is 45.0 Å². The van der Waals surface area contributed by atoms with Crippen LogP contribution in [0.15, 0.2) is 79.1 Å². The van der Waals surface area contributed by atoms with E-state index in [0.29, 0.717) is 0 Å². The van der Waals surface area contributed by atoms with Crippen LogP contribution < -0.4 is 0 Å². The minimum absolute atomic E-state index is 0.0876. The largest absolute Gasteiger partial charge is 0.309 e. The van der Waals surface area contributed by atoms with Crippen LogP contribution in [0.1, 0.15) is 32.0 Å². The number of hydrogen-bond acceptors (Lipinski definition) is 2. The Hall–Kier alpha value is -3.73. The number of nitrogens with zero attached hydrogens (tertiary/aromatic N) is 4. The molecule has 0 amide bonds. The van der Waals surface area contributed by atoms with Crippen molar-refractivity contribution in [1.82, 2.24) is 19.2 Å². The van der Waals surface area contributed by atoms with Crippen LogP contribution in [0.4, 0.5) is 4.39 Å². The lowest BCUT2D eigenvalue weighted by molar-refractivity contribution is 0.590. The smallest absolute Gasteiger partial charge is 0.166 e. The van der Waals surface area contributed by atoms with Crippen molar-refractivity contribution in [1.29, 1.82) is 0 Å². The lowest BCUT2D eigenvalue weighted by atomic mass is 9.86. The molecule has 0 unspecified atom stereocenters. The summed E-state index contributed by atoms with van der Waals surface area (Å²) in [6, 6.07) is 21.1. The zero-order valence-corrected chi connectivity index (χ0v) is 18.7. The van der Waals surface area contributed by atoms with Crippen LogP contribution in [-0.4, -0.2) is 19.2 Å². The summed E-state index contributed by atoms with van der Waals surface area (Å²) in [6.07, 6.45) is 3.93. The fourth-order valence-electron chi connectivity index (χ4n) is 4.03. The normalized spacial score (nSPS) is 11.9. The molecule has 0 spiro atoms. The predicted molar refractivity (Wildman–Crippen MR) is 127 cm³/mol. The summed E-state index contributed by atoms with van der Waals surface area (Å²) in [5.41, 5.74) is 6.86. The third-order valence-electron chi connectivity index (χ3n) is 5.80. The van der Waals surface area contributed by atoms with Crippen molar-refractivity contribution < 1.29 is 4.39 Å². The van der Waals surface area contributed by atoms with Crippen LogP contribution in [0.25, 0.3) is 33.8 Å². The van der Waals surface area contributed by atoms with Gasteiger partial charge in [0.2, 0.25) is 0 Å². The maximum Gasteiger partial charge on any atom is 0.166 e. The summed E-state index contributed by atoms with van der Waals surface area (Å²) in [5.74, 6) is 0.523. The monoisotopic (exact) mass is 424 g/mol. The second-order valence-corrected chi connectivity index (χ2v) is 9.12. The summed E-state index contributed by atoms with van der Waals surface area (Å²) < 4.78 is 17.4. The molecule has 0 saturated heterocycles. The van der Waals surface area contributed by atoms with E-state index in [0.717, 1.165) is 39.5 Å². The highest BCUT2D eigenvalue weighted by Gasteiger charge is 2.19. The van der Waals surface area contributed by atoms with Gasteiger partial charge in [0.15, 0.2) is 5.65 Å². The molecule has 32 heavy (non-hydrogen) atoms. The van der Waals surface area contributed by atoms with Gasteiger partial charge in [0.1, 0.15) is 11.6 Å². The molecule has 0 saturated carbocycles. The average Bonchev–Trinajstić information content (AvgIpc) is 3.40. The first kappa shape index (κ1) is 20.2. The van der Waals surface area contributed by atoms with Crippen molar-refractivity contribution in [3.63, 3.8) is 0 Å². The number of fused-ring (bicyclic) bond motifs is 1. The minimum Gasteiger partial charge on any atom is -0.309 e. The number of rotatable bonds is 3. The van der Waals surface area contributed by atoms with E-state index in [1.807, 2.05) is 46.6 Å². The van der Waals surface area contributed by atoms with Crippen LogP contribution in [0.5, 0.6) is 0 Å². The van der Waals surface area contributed by atoms with E-state index in [1.54, 1.807) is 12.1 Å². The Balaban J connectivity index is 1.76. The van der Waals surface area contributed by atoms with Crippen molar-refractivity contribution in [2.75, 3.05) is 0 Å². The Labute approximate surface area is 187 Å². The highest BCUT2D eigenvalue weighted by atomic mass is 19.1. The molecule has 0 aliphatic heterocycles. The van der Waals surface area contributed by atoms with Gasteiger partial charge in [-0.15, -0.1) is 0 Å². The quantitative estimate of drug-likeness (QED) is 0.327. The van der Waals surface area contributed by atoms with E-state index < -0.39 is 0 Å². The van der Waals surface area contributed by atoms with Gasteiger partial charge in [0.25, 0.3) is 0 Å². The summed E-state index contributed by atoms with van der Waals surface area (Å²) in [6.45, 7) is 8.64. The molecule has 0 fully saturated rings. The molecule has 0 radical (unpaired) electrons. The van der Waals surface area contributed by atoms with Crippen LogP contribution in [0.2, 0.25) is 0 Å². The van der Waals surface area contributed by atoms with E-state index in [-0.39, 0.29) is 11.2 Å². The van der Waals surface area contributed by atoms with Gasteiger partial charge >= 0.3 is 0 Å². The Kier molecular flexibility index (Phi) is 4.70. The standard InChI is InChI=1S/C27H25FN4/c1-18-25(20-7-11-21(12-8-20)27(2,3)4)26-29-24(31-15-5-6-16-31)17-23(32(26)30-18)19-9-13-22(28)14-10-19/h5-17H,1-4H3. The molecule has 5 aromatic rings. The predicted octanol–water partition coefficient (Wildman–Crippen LogP) is 6.60. The van der Waals surface area contributed by atoms with Crippen LogP contribution in [-0.2, 0) is 5.41 Å². The molecule has 0 N–H and O–H groups in total. The topological polar surface area (TPSA) is 35.1 Å². The van der Waals surface area contributed by atoms with Crippen LogP contribution in [0.3, 0.4) is 0 Å². The molecule has 0 atom stereocenters. The minimum atomic E-state index is -0.263. The molecule has 0 bridgehead atoms. The molecular formula is C27H25FN4. The SMILES string of the molecule is Cc1nn2c(-c3ccc(F)cc3)cc(-n3cccc3)nc2c1-c1ccc(C(C)(C)C)cc1. The number of benzene rings is 2. The Morgan fingerprint density at radius 2 is 1.47 bits per heavy atom. The number of halogens is 1. The van der Waals surface area contributed by atoms with Gasteiger partial charge in [-0.3, -0.25) is 0 Å². The highest BCUT2D eigenvalue weighted by molar-refractivity contribution is 5.82. The molecule has 160 valence electrons. The first-order valence-corrected chi connectivity index (χ1v) is 10.7. The Morgan fingerprint density at radius 3 is 2.09 bits per heavy atom. The maximum absolute atomic E-state index is 13.6. The molecule has 0 aliphatic carbocycles. The van der Waals surface area contributed by atoms with Crippen LogP contribution in [0, 0.1) is 12.7 Å². The maximum atomic E-state index is 13.6. The Morgan fingerprint density at radius 1 is 0.844 bits per heavy atom. The van der Waals surface area contributed by atoms with E-state index in [9.17, 15) is 4.39 Å². The summed E-state index contributed by atoms with van der Waals surface area (Å²) in [7, 11) is 0. The van der Waals surface area contributed by atoms with Crippen molar-refractivity contribution in [2.24, 2.45) is 0 Å². The number of hydrogen-bond donors (Lipinski definition) is 0. The van der Waals surface area contributed by atoms with Crippen molar-refractivity contribution in [3.05, 3.63) is 96.2 Å². The lowest BCUT2D eigenvalue weighted by Gasteiger charge is -2.19. The lowest BCUT2D eigenvalue weighted by Crippen LogP contribution is -2.10. The summed E-state index contributed by atoms with van der Waals surface area (Å²) in [4.78, 5) is 4.98. The molecular weight excluding hydrogens is 399 g/mol. The number of aryl methyl sites for hydroxylation is 1. The second-order valence-electron chi connectivity index (χ2n) is 9.12. The zero-order chi connectivity index (χ0) is 22.5. The van der Waals surface area contributed by atoms with Crippen molar-refractivity contribution in [2.45, 2.75) is 33.1 Å². The van der Waals surface area contributed by atoms with Gasteiger partial charge in [-0.2, -0.15) is 5.10 Å². The molecule has 3 aromatic heterocycles. The number of aromatic nitrogens is 4. The molecule has 5 heteroatoms. The summed E-state index contributed by atoms with van der Waals surface area (Å²) >= 11 is 0. The molecule has 2 aromatic carbocycles. The molecule has 0 aliphatic rings. The Bertz CT molecular complexity index is 1390. The molecule has 5 rings (SSSR count). The first-order valence-electron chi connectivity index (χ1n) is 10.7. The van der Waals surface area contributed by atoms with E-state index in [4.69, 9.17) is 10.1 Å². The van der Waals surface area contributed by atoms with Crippen molar-refractivity contribution in [3.8, 4) is 28.2 Å². The van der Waals surface area contributed by atoms with Gasteiger partial charge in [-0.05, 0) is 59.9 Å². The fraction of sp³-hybridized carbons (Fsp3) is 0.185. The zero-order valence-electron chi connectivity index (χ0n) is 18.7. The van der Waals surface area contributed by atoms with E-state index in [1.165, 1.54) is 17.7 Å². The first-order chi connectivity index (χ1) is 15.3. The van der Waals surface area contributed by atoms with Crippen molar-refractivity contribution >= 4 is 5.65 Å². The van der Waals surface area contributed by atoms with Gasteiger partial charge < -0.3 is 4.57 Å². The van der Waals surface area contributed by atoms with E-state index >= 15 is 0 Å². The van der Waals surface area contributed by atoms with Gasteiger partial charge in [-0.25, -0.2) is 13.9 Å². The van der Waals surface area contributed by atoms with Gasteiger partial charge in [0, 0.05) is 29.6 Å². The average molecular weight is 425 g/mol. The molecule has 3 heterocycles. The summed E-state index contributed by atoms with van der Waals surface area (Å²) in [5, 5.41) is 4.83. The second kappa shape index (κ2) is 7.45. The fourth-order valence-corrected chi connectivity index (χ4v) is 4.03. The third-order valence-corrected chi connectivity index (χ3v) is 5.80. The van der Waals surface area contributed by atoms with Gasteiger partial charge in [0.05, 0.1) is 11.4 Å². The van der Waals surface area contributed by atoms with Gasteiger partial charge in [-0.1, -0.05) is 45.0 Å². The van der Waals surface area contributed by atoms with Crippen LogP contribution >= 0.6 is 0 Å². The molecule has 4 nitrogen and oxygen atoms in total. The third kappa shape index (κ3) is 3.50.